The molecular weight excluding hydrogens is 258 g/mol. The summed E-state index contributed by atoms with van der Waals surface area (Å²) in [4.78, 5) is 24.1. The largest absolute Gasteiger partial charge is 0.477 e. The van der Waals surface area contributed by atoms with Crippen molar-refractivity contribution in [2.75, 3.05) is 6.54 Å². The van der Waals surface area contributed by atoms with Gasteiger partial charge < -0.3 is 14.7 Å². The van der Waals surface area contributed by atoms with Crippen LogP contribution in [0.3, 0.4) is 0 Å². The van der Waals surface area contributed by atoms with Gasteiger partial charge in [0.2, 0.25) is 0 Å². The van der Waals surface area contributed by atoms with Crippen LogP contribution in [0.1, 0.15) is 33.6 Å². The van der Waals surface area contributed by atoms with E-state index in [1.54, 1.807) is 20.8 Å². The Bertz CT molecular complexity index is 373. The van der Waals surface area contributed by atoms with Crippen molar-refractivity contribution in [3.63, 3.8) is 0 Å². The molecule has 1 atom stereocenters. The summed E-state index contributed by atoms with van der Waals surface area (Å²) >= 11 is 5.58. The monoisotopic (exact) mass is 275 g/mol. The Morgan fingerprint density at radius 3 is 2.56 bits per heavy atom. The van der Waals surface area contributed by atoms with E-state index >= 15 is 0 Å². The molecule has 1 aliphatic rings. The number of likely N-dealkylation sites (tertiary alicyclic amines) is 1. The van der Waals surface area contributed by atoms with E-state index in [-0.39, 0.29) is 11.1 Å². The molecule has 0 aliphatic carbocycles. The van der Waals surface area contributed by atoms with E-state index < -0.39 is 17.7 Å². The molecule has 18 heavy (non-hydrogen) atoms. The Kier molecular flexibility index (Phi) is 4.62. The summed E-state index contributed by atoms with van der Waals surface area (Å²) in [7, 11) is 0. The van der Waals surface area contributed by atoms with Gasteiger partial charge in [0.15, 0.2) is 0 Å². The zero-order valence-corrected chi connectivity index (χ0v) is 11.5. The molecule has 0 aromatic carbocycles. The third-order valence-corrected chi connectivity index (χ3v) is 2.76. The Morgan fingerprint density at radius 2 is 2.06 bits per heavy atom. The molecule has 0 bridgehead atoms. The summed E-state index contributed by atoms with van der Waals surface area (Å²) < 4.78 is 5.26. The third-order valence-electron chi connectivity index (χ3n) is 2.47. The molecule has 5 nitrogen and oxygen atoms in total. The van der Waals surface area contributed by atoms with Gasteiger partial charge in [-0.3, -0.25) is 0 Å². The fraction of sp³-hybridized carbons (Fsp3) is 0.667. The van der Waals surface area contributed by atoms with Gasteiger partial charge in [0.1, 0.15) is 10.6 Å². The van der Waals surface area contributed by atoms with E-state index in [1.165, 1.54) is 11.0 Å². The van der Waals surface area contributed by atoms with Crippen LogP contribution >= 0.6 is 11.6 Å². The van der Waals surface area contributed by atoms with Crippen LogP contribution < -0.4 is 0 Å². The fourth-order valence-corrected chi connectivity index (χ4v) is 1.90. The first-order valence-corrected chi connectivity index (χ1v) is 6.19. The zero-order chi connectivity index (χ0) is 13.9. The second-order valence-electron chi connectivity index (χ2n) is 5.20. The number of nitrogens with zero attached hydrogens (tertiary/aromatic N) is 1. The lowest BCUT2D eigenvalue weighted by molar-refractivity contribution is -0.131. The predicted octanol–water partition coefficient (Wildman–Crippen LogP) is 2.59. The molecule has 102 valence electrons. The summed E-state index contributed by atoms with van der Waals surface area (Å²) in [6.07, 6.45) is 2.46. The van der Waals surface area contributed by atoms with Crippen molar-refractivity contribution >= 4 is 23.7 Å². The van der Waals surface area contributed by atoms with Gasteiger partial charge in [-0.2, -0.15) is 0 Å². The Morgan fingerprint density at radius 1 is 1.44 bits per heavy atom. The molecule has 0 radical (unpaired) electrons. The fourth-order valence-electron chi connectivity index (χ4n) is 1.75. The molecule has 1 fully saturated rings. The molecular formula is C12H18ClNO4. The van der Waals surface area contributed by atoms with Gasteiger partial charge in [-0.1, -0.05) is 11.6 Å². The first-order valence-electron chi connectivity index (χ1n) is 5.81. The van der Waals surface area contributed by atoms with E-state index in [2.05, 4.69) is 0 Å². The predicted molar refractivity (Wildman–Crippen MR) is 67.5 cm³/mol. The number of hydrogen-bond acceptors (Lipinski definition) is 3. The van der Waals surface area contributed by atoms with E-state index in [4.69, 9.17) is 21.4 Å². The maximum absolute atomic E-state index is 11.9. The van der Waals surface area contributed by atoms with Crippen LogP contribution in [0.2, 0.25) is 0 Å². The highest BCUT2D eigenvalue weighted by atomic mass is 35.5. The van der Waals surface area contributed by atoms with Gasteiger partial charge in [-0.15, -0.1) is 0 Å². The van der Waals surface area contributed by atoms with Crippen molar-refractivity contribution in [3.05, 3.63) is 11.1 Å². The molecule has 1 aliphatic heterocycles. The second-order valence-corrected chi connectivity index (χ2v) is 5.61. The van der Waals surface area contributed by atoms with Gasteiger partial charge in [-0.25, -0.2) is 9.59 Å². The maximum Gasteiger partial charge on any atom is 0.410 e. The molecule has 6 heteroatoms. The lowest BCUT2D eigenvalue weighted by Gasteiger charge is -2.27. The second kappa shape index (κ2) is 5.61. The van der Waals surface area contributed by atoms with Crippen LogP contribution in [0.5, 0.6) is 0 Å². The molecule has 1 N–H and O–H groups in total. The molecule has 1 heterocycles. The minimum atomic E-state index is -1.19. The van der Waals surface area contributed by atoms with E-state index in [9.17, 15) is 9.59 Å². The van der Waals surface area contributed by atoms with Gasteiger partial charge in [0.05, 0.1) is 6.04 Å². The number of rotatable bonds is 2. The average molecular weight is 276 g/mol. The molecule has 0 spiro atoms. The van der Waals surface area contributed by atoms with Crippen molar-refractivity contribution in [1.29, 1.82) is 0 Å². The highest BCUT2D eigenvalue weighted by molar-refractivity contribution is 6.40. The van der Waals surface area contributed by atoms with Crippen LogP contribution in [-0.2, 0) is 9.53 Å². The van der Waals surface area contributed by atoms with Crippen LogP contribution in [0.15, 0.2) is 11.1 Å². The topological polar surface area (TPSA) is 66.8 Å². The quantitative estimate of drug-likeness (QED) is 0.787. The molecule has 1 amide bonds. The molecule has 0 aromatic rings. The first-order chi connectivity index (χ1) is 8.20. The Hall–Kier alpha value is -1.23. The SMILES string of the molecule is CC(C)(C)OC(=O)N1CCCC1/C=C(/Cl)C(=O)O. The van der Waals surface area contributed by atoms with Gasteiger partial charge in [-0.05, 0) is 39.7 Å². The standard InChI is InChI=1S/C12H18ClNO4/c1-12(2,3)18-11(17)14-6-4-5-8(14)7-9(13)10(15)16/h7-8H,4-6H2,1-3H3,(H,15,16)/b9-7+. The van der Waals surface area contributed by atoms with Gasteiger partial charge in [0, 0.05) is 6.54 Å². The molecule has 0 aromatic heterocycles. The van der Waals surface area contributed by atoms with E-state index in [1.807, 2.05) is 0 Å². The number of aliphatic carboxylic acids is 1. The molecule has 0 saturated carbocycles. The number of carboxylic acids is 1. The van der Waals surface area contributed by atoms with Gasteiger partial charge >= 0.3 is 12.1 Å². The summed E-state index contributed by atoms with van der Waals surface area (Å²) in [6.45, 7) is 5.92. The number of halogens is 1. The van der Waals surface area contributed by atoms with Crippen molar-refractivity contribution in [1.82, 2.24) is 4.90 Å². The lowest BCUT2D eigenvalue weighted by atomic mass is 10.2. The number of amides is 1. The van der Waals surface area contributed by atoms with Crippen molar-refractivity contribution in [3.8, 4) is 0 Å². The lowest BCUT2D eigenvalue weighted by Crippen LogP contribution is -2.39. The third kappa shape index (κ3) is 4.22. The van der Waals surface area contributed by atoms with Crippen molar-refractivity contribution in [2.45, 2.75) is 45.3 Å². The smallest absolute Gasteiger partial charge is 0.410 e. The molecule has 1 rings (SSSR count). The Balaban J connectivity index is 2.74. The maximum atomic E-state index is 11.9. The van der Waals surface area contributed by atoms with Crippen molar-refractivity contribution < 1.29 is 19.4 Å². The molecule has 1 saturated heterocycles. The van der Waals surface area contributed by atoms with E-state index in [0.29, 0.717) is 13.0 Å². The first kappa shape index (κ1) is 14.8. The summed E-state index contributed by atoms with van der Waals surface area (Å²) in [5.74, 6) is -1.19. The zero-order valence-electron chi connectivity index (χ0n) is 10.8. The average Bonchev–Trinajstić information content (AvgIpc) is 2.62. The summed E-state index contributed by atoms with van der Waals surface area (Å²) in [6, 6.07) is -0.302. The van der Waals surface area contributed by atoms with Crippen LogP contribution in [0.4, 0.5) is 4.79 Å². The highest BCUT2D eigenvalue weighted by Crippen LogP contribution is 2.23. The number of carbonyl (C=O) groups is 2. The Labute approximate surface area is 111 Å². The minimum Gasteiger partial charge on any atom is -0.477 e. The summed E-state index contributed by atoms with van der Waals surface area (Å²) in [5, 5.41) is 8.45. The number of hydrogen-bond donors (Lipinski definition) is 1. The van der Waals surface area contributed by atoms with Gasteiger partial charge in [0.25, 0.3) is 0 Å². The normalized spacial score (nSPS) is 21.0. The number of carboxylic acid groups (broad SMARTS) is 1. The highest BCUT2D eigenvalue weighted by Gasteiger charge is 2.31. The van der Waals surface area contributed by atoms with E-state index in [0.717, 1.165) is 6.42 Å². The minimum absolute atomic E-state index is 0.268. The number of ether oxygens (including phenoxy) is 1. The number of carbonyl (C=O) groups excluding carboxylic acids is 1. The summed E-state index contributed by atoms with van der Waals surface area (Å²) in [5.41, 5.74) is -0.565. The van der Waals surface area contributed by atoms with Crippen LogP contribution in [0, 0.1) is 0 Å². The van der Waals surface area contributed by atoms with Crippen LogP contribution in [0.25, 0.3) is 0 Å². The molecule has 1 unspecified atom stereocenters. The van der Waals surface area contributed by atoms with Crippen LogP contribution in [-0.4, -0.2) is 40.3 Å². The van der Waals surface area contributed by atoms with Crippen molar-refractivity contribution in [2.24, 2.45) is 0 Å².